The molecule has 0 atom stereocenters. The molecule has 1 amide bonds. The lowest BCUT2D eigenvalue weighted by Gasteiger charge is -2.39. The van der Waals surface area contributed by atoms with E-state index in [1.54, 1.807) is 0 Å². The second kappa shape index (κ2) is 8.67. The van der Waals surface area contributed by atoms with Gasteiger partial charge in [-0.05, 0) is 57.3 Å². The first-order valence-corrected chi connectivity index (χ1v) is 9.38. The quantitative estimate of drug-likeness (QED) is 0.824. The highest BCUT2D eigenvalue weighted by molar-refractivity contribution is 5.93. The smallest absolute Gasteiger partial charge is 0.255 e. The van der Waals surface area contributed by atoms with Gasteiger partial charge in [-0.2, -0.15) is 0 Å². The summed E-state index contributed by atoms with van der Waals surface area (Å²) in [6, 6.07) is 8.44. The summed E-state index contributed by atoms with van der Waals surface area (Å²) in [7, 11) is 4.05. The van der Waals surface area contributed by atoms with Gasteiger partial charge in [-0.1, -0.05) is 0 Å². The molecule has 2 aromatic rings. The molecule has 2 heterocycles. The van der Waals surface area contributed by atoms with Gasteiger partial charge in [0.15, 0.2) is 0 Å². The lowest BCUT2D eigenvalue weighted by Crippen LogP contribution is -2.47. The van der Waals surface area contributed by atoms with Crippen molar-refractivity contribution in [3.05, 3.63) is 64.3 Å². The van der Waals surface area contributed by atoms with Crippen LogP contribution in [0.5, 0.6) is 0 Å². The molecule has 0 radical (unpaired) electrons. The van der Waals surface area contributed by atoms with Crippen molar-refractivity contribution in [3.8, 4) is 5.69 Å². The number of aromatic nitrogens is 1. The third-order valence-corrected chi connectivity index (χ3v) is 5.11. The van der Waals surface area contributed by atoms with Crippen molar-refractivity contribution in [2.24, 2.45) is 5.41 Å². The van der Waals surface area contributed by atoms with Gasteiger partial charge in [0, 0.05) is 49.7 Å². The van der Waals surface area contributed by atoms with Crippen molar-refractivity contribution < 1.29 is 13.9 Å². The number of rotatable bonds is 6. The second-order valence-corrected chi connectivity index (χ2v) is 7.64. The zero-order valence-electron chi connectivity index (χ0n) is 16.3. The Hall–Kier alpha value is -2.51. The molecule has 7 heteroatoms. The summed E-state index contributed by atoms with van der Waals surface area (Å²) in [5, 5.41) is 3.03. The summed E-state index contributed by atoms with van der Waals surface area (Å²) < 4.78 is 20.0. The van der Waals surface area contributed by atoms with Crippen molar-refractivity contribution in [1.82, 2.24) is 14.8 Å². The van der Waals surface area contributed by atoms with Gasteiger partial charge >= 0.3 is 0 Å². The Labute approximate surface area is 163 Å². The van der Waals surface area contributed by atoms with Gasteiger partial charge in [0.1, 0.15) is 5.82 Å². The average Bonchev–Trinajstić information content (AvgIpc) is 2.67. The highest BCUT2D eigenvalue weighted by atomic mass is 19.1. The number of hydrogen-bond donors (Lipinski definition) is 1. The summed E-state index contributed by atoms with van der Waals surface area (Å²) in [4.78, 5) is 27.0. The van der Waals surface area contributed by atoms with Crippen molar-refractivity contribution in [2.45, 2.75) is 12.8 Å². The Morgan fingerprint density at radius 3 is 2.50 bits per heavy atom. The Bertz CT molecular complexity index is 871. The molecule has 0 bridgehead atoms. The molecule has 1 saturated heterocycles. The fourth-order valence-corrected chi connectivity index (χ4v) is 3.66. The number of carbonyl (C=O) groups excluding carboxylic acids is 1. The second-order valence-electron chi connectivity index (χ2n) is 7.64. The van der Waals surface area contributed by atoms with E-state index in [2.05, 4.69) is 10.2 Å². The predicted molar refractivity (Wildman–Crippen MR) is 105 cm³/mol. The van der Waals surface area contributed by atoms with E-state index in [1.165, 1.54) is 47.2 Å². The number of nitrogens with one attached hydrogen (secondary N) is 1. The number of amides is 1. The minimum absolute atomic E-state index is 0.0250. The van der Waals surface area contributed by atoms with Crippen LogP contribution in [0.15, 0.2) is 47.4 Å². The van der Waals surface area contributed by atoms with Crippen molar-refractivity contribution >= 4 is 5.91 Å². The fourth-order valence-electron chi connectivity index (χ4n) is 3.66. The lowest BCUT2D eigenvalue weighted by atomic mass is 9.79. The molecule has 28 heavy (non-hydrogen) atoms. The zero-order valence-corrected chi connectivity index (χ0v) is 16.3. The van der Waals surface area contributed by atoms with Crippen LogP contribution >= 0.6 is 0 Å². The first-order valence-electron chi connectivity index (χ1n) is 9.38. The first-order chi connectivity index (χ1) is 13.4. The predicted octanol–water partition coefficient (Wildman–Crippen LogP) is 2.06. The summed E-state index contributed by atoms with van der Waals surface area (Å²) >= 11 is 0. The lowest BCUT2D eigenvalue weighted by molar-refractivity contribution is 0.00285. The summed E-state index contributed by atoms with van der Waals surface area (Å²) in [5.41, 5.74) is 0.588. The molecule has 0 spiro atoms. The van der Waals surface area contributed by atoms with Crippen molar-refractivity contribution in [1.29, 1.82) is 0 Å². The van der Waals surface area contributed by atoms with Gasteiger partial charge in [-0.3, -0.25) is 14.2 Å². The molecule has 0 aliphatic carbocycles. The molecule has 1 N–H and O–H groups in total. The molecular weight excluding hydrogens is 361 g/mol. The van der Waals surface area contributed by atoms with Crippen LogP contribution in [0.4, 0.5) is 4.39 Å². The third-order valence-electron chi connectivity index (χ3n) is 5.11. The number of hydrogen-bond acceptors (Lipinski definition) is 4. The van der Waals surface area contributed by atoms with E-state index in [0.29, 0.717) is 31.0 Å². The standard InChI is InChI=1S/C21H26FN3O3/c1-24(2)15-21(9-11-28-12-10-21)14-23-20(27)16-3-8-19(26)25(13-16)18-6-4-17(22)5-7-18/h3-8,13H,9-12,14-15H2,1-2H3,(H,23,27). The molecular formula is C21H26FN3O3. The number of pyridine rings is 1. The Morgan fingerprint density at radius 2 is 1.86 bits per heavy atom. The molecule has 6 nitrogen and oxygen atoms in total. The maximum atomic E-state index is 13.2. The van der Waals surface area contributed by atoms with Crippen LogP contribution in [0, 0.1) is 11.2 Å². The van der Waals surface area contributed by atoms with Crippen LogP contribution in [-0.4, -0.2) is 55.8 Å². The van der Waals surface area contributed by atoms with E-state index in [4.69, 9.17) is 4.74 Å². The highest BCUT2D eigenvalue weighted by Crippen LogP contribution is 2.30. The maximum absolute atomic E-state index is 13.2. The minimum atomic E-state index is -0.381. The number of benzene rings is 1. The monoisotopic (exact) mass is 387 g/mol. The average molecular weight is 387 g/mol. The van der Waals surface area contributed by atoms with Gasteiger partial charge in [-0.25, -0.2) is 4.39 Å². The number of halogens is 1. The Morgan fingerprint density at radius 1 is 1.18 bits per heavy atom. The molecule has 1 fully saturated rings. The Balaban J connectivity index is 1.76. The summed E-state index contributed by atoms with van der Waals surface area (Å²) in [6.45, 7) is 2.80. The number of carbonyl (C=O) groups is 1. The first kappa shape index (κ1) is 20.2. The van der Waals surface area contributed by atoms with Gasteiger partial charge < -0.3 is 15.0 Å². The molecule has 0 saturated carbocycles. The minimum Gasteiger partial charge on any atom is -0.381 e. The molecule has 1 aliphatic rings. The maximum Gasteiger partial charge on any atom is 0.255 e. The van der Waals surface area contributed by atoms with Crippen LogP contribution in [-0.2, 0) is 4.74 Å². The third kappa shape index (κ3) is 4.85. The highest BCUT2D eigenvalue weighted by Gasteiger charge is 2.33. The van der Waals surface area contributed by atoms with Crippen LogP contribution in [0.25, 0.3) is 5.69 Å². The SMILES string of the molecule is CN(C)CC1(CNC(=O)c2ccc(=O)n(-c3ccc(F)cc3)c2)CCOCC1. The van der Waals surface area contributed by atoms with E-state index < -0.39 is 0 Å². The summed E-state index contributed by atoms with van der Waals surface area (Å²) in [6.07, 6.45) is 3.27. The van der Waals surface area contributed by atoms with Gasteiger partial charge in [0.05, 0.1) is 5.56 Å². The van der Waals surface area contributed by atoms with Crippen molar-refractivity contribution in [3.63, 3.8) is 0 Å². The van der Waals surface area contributed by atoms with Crippen LogP contribution in [0.1, 0.15) is 23.2 Å². The van der Waals surface area contributed by atoms with Crippen molar-refractivity contribution in [2.75, 3.05) is 40.4 Å². The summed E-state index contributed by atoms with van der Waals surface area (Å²) in [5.74, 6) is -0.617. The Kier molecular flexibility index (Phi) is 6.26. The van der Waals surface area contributed by atoms with Crippen LogP contribution < -0.4 is 10.9 Å². The van der Waals surface area contributed by atoms with Gasteiger partial charge in [0.2, 0.25) is 0 Å². The van der Waals surface area contributed by atoms with E-state index in [0.717, 1.165) is 19.4 Å². The largest absolute Gasteiger partial charge is 0.381 e. The molecule has 1 aromatic heterocycles. The van der Waals surface area contributed by atoms with Gasteiger partial charge in [-0.15, -0.1) is 0 Å². The van der Waals surface area contributed by atoms with E-state index in [9.17, 15) is 14.0 Å². The normalized spacial score (nSPS) is 16.1. The molecule has 0 unspecified atom stereocenters. The van der Waals surface area contributed by atoms with Crippen LogP contribution in [0.3, 0.4) is 0 Å². The topological polar surface area (TPSA) is 63.6 Å². The molecule has 3 rings (SSSR count). The van der Waals surface area contributed by atoms with E-state index in [1.807, 2.05) is 14.1 Å². The number of ether oxygens (including phenoxy) is 1. The number of nitrogens with zero attached hydrogens (tertiary/aromatic N) is 2. The van der Waals surface area contributed by atoms with E-state index >= 15 is 0 Å². The van der Waals surface area contributed by atoms with Crippen LogP contribution in [0.2, 0.25) is 0 Å². The molecule has 1 aromatic carbocycles. The zero-order chi connectivity index (χ0) is 20.1. The fraction of sp³-hybridized carbons (Fsp3) is 0.429. The van der Waals surface area contributed by atoms with E-state index in [-0.39, 0.29) is 22.7 Å². The molecule has 1 aliphatic heterocycles. The molecule has 150 valence electrons. The van der Waals surface area contributed by atoms with Gasteiger partial charge in [0.25, 0.3) is 11.5 Å².